The summed E-state index contributed by atoms with van der Waals surface area (Å²) in [5.74, 6) is 0. The summed E-state index contributed by atoms with van der Waals surface area (Å²) >= 11 is 5.52. The Bertz CT molecular complexity index is 598. The molecule has 9 heteroatoms. The first-order valence-electron chi connectivity index (χ1n) is 5.80. The summed E-state index contributed by atoms with van der Waals surface area (Å²) in [5.41, 5.74) is -1.26. The molecule has 1 saturated heterocycles. The highest BCUT2D eigenvalue weighted by Gasteiger charge is 2.38. The second-order valence-corrected chi connectivity index (χ2v) is 6.57. The van der Waals surface area contributed by atoms with E-state index in [0.717, 1.165) is 12.1 Å². The number of hydrogen-bond donors (Lipinski definition) is 2. The zero-order valence-electron chi connectivity index (χ0n) is 10.2. The van der Waals surface area contributed by atoms with Crippen LogP contribution in [0.4, 0.5) is 13.2 Å². The number of halogens is 4. The predicted molar refractivity (Wildman–Crippen MR) is 68.1 cm³/mol. The van der Waals surface area contributed by atoms with Gasteiger partial charge in [-0.3, -0.25) is 0 Å². The summed E-state index contributed by atoms with van der Waals surface area (Å²) in [6.45, 7) is 1.02. The molecule has 1 aliphatic rings. The van der Waals surface area contributed by atoms with Crippen molar-refractivity contribution >= 4 is 21.6 Å². The van der Waals surface area contributed by atoms with Crippen LogP contribution < -0.4 is 10.0 Å². The molecule has 0 unspecified atom stereocenters. The van der Waals surface area contributed by atoms with Crippen molar-refractivity contribution in [1.82, 2.24) is 10.0 Å². The lowest BCUT2D eigenvalue weighted by Crippen LogP contribution is -2.37. The van der Waals surface area contributed by atoms with E-state index in [1.807, 2.05) is 0 Å². The minimum atomic E-state index is -4.79. The summed E-state index contributed by atoms with van der Waals surface area (Å²) in [5, 5.41) is 2.76. The molecule has 1 fully saturated rings. The average molecular weight is 329 g/mol. The van der Waals surface area contributed by atoms with Crippen molar-refractivity contribution in [3.63, 3.8) is 0 Å². The average Bonchev–Trinajstić information content (AvgIpc) is 2.79. The standard InChI is InChI=1S/C11H12ClF3N2O2S/c12-7-1-2-10(9(5-7)11(13,14)15)20(18,19)17-8-3-4-16-6-8/h1-2,5,8,16-17H,3-4,6H2/t8-/m1/s1. The lowest BCUT2D eigenvalue weighted by Gasteiger charge is -2.16. The van der Waals surface area contributed by atoms with Gasteiger partial charge in [-0.15, -0.1) is 0 Å². The molecule has 1 atom stereocenters. The van der Waals surface area contributed by atoms with Crippen molar-refractivity contribution in [2.45, 2.75) is 23.5 Å². The van der Waals surface area contributed by atoms with Gasteiger partial charge < -0.3 is 5.32 Å². The fraction of sp³-hybridized carbons (Fsp3) is 0.455. The number of rotatable bonds is 3. The second kappa shape index (κ2) is 5.51. The second-order valence-electron chi connectivity index (χ2n) is 4.45. The molecule has 0 radical (unpaired) electrons. The van der Waals surface area contributed by atoms with Gasteiger partial charge in [0.25, 0.3) is 0 Å². The third-order valence-corrected chi connectivity index (χ3v) is 4.73. The Morgan fingerprint density at radius 2 is 2.05 bits per heavy atom. The third-order valence-electron chi connectivity index (χ3n) is 2.92. The van der Waals surface area contributed by atoms with Gasteiger partial charge in [0.05, 0.1) is 10.5 Å². The Hall–Kier alpha value is -0.830. The molecule has 0 bridgehead atoms. The van der Waals surface area contributed by atoms with E-state index in [0.29, 0.717) is 25.6 Å². The zero-order valence-corrected chi connectivity index (χ0v) is 11.7. The van der Waals surface area contributed by atoms with Crippen LogP contribution in [0.5, 0.6) is 0 Å². The molecule has 0 aromatic heterocycles. The van der Waals surface area contributed by atoms with Crippen LogP contribution in [0.2, 0.25) is 5.02 Å². The molecule has 2 N–H and O–H groups in total. The van der Waals surface area contributed by atoms with Gasteiger partial charge in [-0.05, 0) is 31.2 Å². The largest absolute Gasteiger partial charge is 0.417 e. The Morgan fingerprint density at radius 1 is 1.35 bits per heavy atom. The normalized spacial score (nSPS) is 20.3. The number of alkyl halides is 3. The van der Waals surface area contributed by atoms with Crippen LogP contribution in [0.25, 0.3) is 0 Å². The highest BCUT2D eigenvalue weighted by molar-refractivity contribution is 7.89. The molecule has 0 spiro atoms. The van der Waals surface area contributed by atoms with Gasteiger partial charge in [0.2, 0.25) is 10.0 Å². The SMILES string of the molecule is O=S(=O)(N[C@@H]1CCNC1)c1ccc(Cl)cc1C(F)(F)F. The van der Waals surface area contributed by atoms with Crippen LogP contribution in [-0.2, 0) is 16.2 Å². The smallest absolute Gasteiger partial charge is 0.315 e. The van der Waals surface area contributed by atoms with E-state index in [1.165, 1.54) is 0 Å². The van der Waals surface area contributed by atoms with Crippen molar-refractivity contribution in [2.24, 2.45) is 0 Å². The molecule has 20 heavy (non-hydrogen) atoms. The van der Waals surface area contributed by atoms with Gasteiger partial charge in [0.15, 0.2) is 0 Å². The lowest BCUT2D eigenvalue weighted by molar-refractivity contribution is -0.139. The minimum Gasteiger partial charge on any atom is -0.315 e. The van der Waals surface area contributed by atoms with Crippen molar-refractivity contribution in [3.05, 3.63) is 28.8 Å². The quantitative estimate of drug-likeness (QED) is 0.892. The van der Waals surface area contributed by atoms with Gasteiger partial charge in [0.1, 0.15) is 0 Å². The van der Waals surface area contributed by atoms with E-state index >= 15 is 0 Å². The van der Waals surface area contributed by atoms with E-state index in [9.17, 15) is 21.6 Å². The number of hydrogen-bond acceptors (Lipinski definition) is 3. The van der Waals surface area contributed by atoms with Gasteiger partial charge in [-0.1, -0.05) is 11.6 Å². The Kier molecular flexibility index (Phi) is 4.29. The van der Waals surface area contributed by atoms with E-state index in [4.69, 9.17) is 11.6 Å². The molecule has 4 nitrogen and oxygen atoms in total. The fourth-order valence-electron chi connectivity index (χ4n) is 2.00. The molecule has 0 amide bonds. The van der Waals surface area contributed by atoms with E-state index in [1.54, 1.807) is 0 Å². The predicted octanol–water partition coefficient (Wildman–Crippen LogP) is 2.00. The van der Waals surface area contributed by atoms with Gasteiger partial charge in [-0.25, -0.2) is 13.1 Å². The maximum Gasteiger partial charge on any atom is 0.417 e. The van der Waals surface area contributed by atoms with Crippen molar-refractivity contribution in [3.8, 4) is 0 Å². The van der Waals surface area contributed by atoms with E-state index < -0.39 is 32.7 Å². The maximum absolute atomic E-state index is 12.9. The Morgan fingerprint density at radius 3 is 2.60 bits per heavy atom. The highest BCUT2D eigenvalue weighted by Crippen LogP contribution is 2.35. The summed E-state index contributed by atoms with van der Waals surface area (Å²) < 4.78 is 65.2. The summed E-state index contributed by atoms with van der Waals surface area (Å²) in [6, 6.07) is 2.20. The maximum atomic E-state index is 12.9. The Balaban J connectivity index is 2.40. The molecule has 1 aliphatic heterocycles. The lowest BCUT2D eigenvalue weighted by atomic mass is 10.2. The first kappa shape index (κ1) is 15.6. The van der Waals surface area contributed by atoms with Crippen LogP contribution >= 0.6 is 11.6 Å². The van der Waals surface area contributed by atoms with Crippen molar-refractivity contribution < 1.29 is 21.6 Å². The van der Waals surface area contributed by atoms with Crippen LogP contribution in [0.15, 0.2) is 23.1 Å². The van der Waals surface area contributed by atoms with Crippen molar-refractivity contribution in [2.75, 3.05) is 13.1 Å². The van der Waals surface area contributed by atoms with Crippen LogP contribution in [0, 0.1) is 0 Å². The van der Waals surface area contributed by atoms with Crippen LogP contribution in [0.3, 0.4) is 0 Å². The first-order valence-corrected chi connectivity index (χ1v) is 7.66. The molecular weight excluding hydrogens is 317 g/mol. The minimum absolute atomic E-state index is 0.168. The van der Waals surface area contributed by atoms with Gasteiger partial charge in [0, 0.05) is 17.6 Å². The summed E-state index contributed by atoms with van der Waals surface area (Å²) in [4.78, 5) is -0.804. The summed E-state index contributed by atoms with van der Waals surface area (Å²) in [7, 11) is -4.24. The van der Waals surface area contributed by atoms with Gasteiger partial charge in [-0.2, -0.15) is 13.2 Å². The molecule has 0 saturated carbocycles. The van der Waals surface area contributed by atoms with Crippen LogP contribution in [0.1, 0.15) is 12.0 Å². The topological polar surface area (TPSA) is 58.2 Å². The van der Waals surface area contributed by atoms with Gasteiger partial charge >= 0.3 is 6.18 Å². The highest BCUT2D eigenvalue weighted by atomic mass is 35.5. The number of benzene rings is 1. The van der Waals surface area contributed by atoms with E-state index in [2.05, 4.69) is 10.0 Å². The van der Waals surface area contributed by atoms with Crippen LogP contribution in [-0.4, -0.2) is 27.5 Å². The monoisotopic (exact) mass is 328 g/mol. The molecule has 0 aliphatic carbocycles. The molecule has 1 heterocycles. The molecule has 1 aromatic carbocycles. The molecular formula is C11H12ClF3N2O2S. The fourth-order valence-corrected chi connectivity index (χ4v) is 3.65. The number of nitrogens with one attached hydrogen (secondary N) is 2. The van der Waals surface area contributed by atoms with Crippen molar-refractivity contribution in [1.29, 1.82) is 0 Å². The zero-order chi connectivity index (χ0) is 15.0. The van der Waals surface area contributed by atoms with E-state index in [-0.39, 0.29) is 5.02 Å². The molecule has 2 rings (SSSR count). The third kappa shape index (κ3) is 3.43. The Labute approximate surface area is 119 Å². The molecule has 112 valence electrons. The number of sulfonamides is 1. The summed E-state index contributed by atoms with van der Waals surface area (Å²) in [6.07, 6.45) is -4.25. The molecule has 1 aromatic rings. The first-order chi connectivity index (χ1) is 9.20.